The maximum absolute atomic E-state index is 5.98. The van der Waals surface area contributed by atoms with E-state index in [0.717, 1.165) is 17.0 Å². The molecule has 0 aliphatic carbocycles. The number of benzene rings is 1. The quantitative estimate of drug-likeness (QED) is 0.824. The minimum absolute atomic E-state index is 0.354. The Morgan fingerprint density at radius 1 is 1.15 bits per heavy atom. The molecule has 0 saturated carbocycles. The van der Waals surface area contributed by atoms with Crippen molar-refractivity contribution < 1.29 is 9.47 Å². The van der Waals surface area contributed by atoms with Gasteiger partial charge in [0.15, 0.2) is 10.9 Å². The van der Waals surface area contributed by atoms with Gasteiger partial charge in [-0.05, 0) is 31.2 Å². The third kappa shape index (κ3) is 3.33. The molecule has 0 radical (unpaired) electrons. The number of pyridine rings is 1. The van der Waals surface area contributed by atoms with E-state index in [1.165, 1.54) is 0 Å². The van der Waals surface area contributed by atoms with Crippen molar-refractivity contribution >= 4 is 17.3 Å². The van der Waals surface area contributed by atoms with Crippen LogP contribution in [0.3, 0.4) is 0 Å². The van der Waals surface area contributed by atoms with Gasteiger partial charge in [-0.15, -0.1) is 0 Å². The number of aromatic nitrogens is 1. The minimum atomic E-state index is 0.354. The highest BCUT2D eigenvalue weighted by molar-refractivity contribution is 6.30. The van der Waals surface area contributed by atoms with Crippen LogP contribution in [0.4, 0.5) is 5.69 Å². The first-order valence-electron chi connectivity index (χ1n) is 6.42. The Hall–Kier alpha value is -1.94. The third-order valence-corrected chi connectivity index (χ3v) is 3.08. The standard InChI is InChI=1S/C15H17ClN2O2/c1-3-19-13-7-4-6-12(17-2)11(13)10-20-14-8-5-9-18-15(14)16/h4-9,17H,3,10H2,1-2H3. The molecule has 0 fully saturated rings. The molecule has 4 nitrogen and oxygen atoms in total. The molecule has 0 saturated heterocycles. The van der Waals surface area contributed by atoms with Gasteiger partial charge in [-0.3, -0.25) is 0 Å². The Bertz CT molecular complexity index is 576. The predicted molar refractivity (Wildman–Crippen MR) is 80.7 cm³/mol. The van der Waals surface area contributed by atoms with E-state index < -0.39 is 0 Å². The van der Waals surface area contributed by atoms with Crippen LogP contribution in [0, 0.1) is 0 Å². The monoisotopic (exact) mass is 292 g/mol. The maximum atomic E-state index is 5.98. The summed E-state index contributed by atoms with van der Waals surface area (Å²) in [6.45, 7) is 2.92. The van der Waals surface area contributed by atoms with Gasteiger partial charge in [0.2, 0.25) is 0 Å². The molecule has 0 bridgehead atoms. The average Bonchev–Trinajstić information content (AvgIpc) is 2.47. The van der Waals surface area contributed by atoms with Crippen molar-refractivity contribution in [2.45, 2.75) is 13.5 Å². The van der Waals surface area contributed by atoms with Gasteiger partial charge >= 0.3 is 0 Å². The minimum Gasteiger partial charge on any atom is -0.493 e. The van der Waals surface area contributed by atoms with Crippen molar-refractivity contribution in [1.29, 1.82) is 0 Å². The summed E-state index contributed by atoms with van der Waals surface area (Å²) in [6, 6.07) is 9.42. The normalized spacial score (nSPS) is 10.2. The molecule has 0 unspecified atom stereocenters. The first-order valence-corrected chi connectivity index (χ1v) is 6.79. The lowest BCUT2D eigenvalue weighted by atomic mass is 10.1. The molecule has 2 rings (SSSR count). The lowest BCUT2D eigenvalue weighted by Gasteiger charge is -2.15. The Morgan fingerprint density at radius 2 is 1.95 bits per heavy atom. The largest absolute Gasteiger partial charge is 0.493 e. The van der Waals surface area contributed by atoms with Crippen LogP contribution in [0.2, 0.25) is 5.15 Å². The molecule has 2 aromatic rings. The van der Waals surface area contributed by atoms with Crippen LogP contribution in [0.15, 0.2) is 36.5 Å². The van der Waals surface area contributed by atoms with E-state index in [0.29, 0.717) is 24.1 Å². The first kappa shape index (κ1) is 14.5. The fourth-order valence-electron chi connectivity index (χ4n) is 1.87. The molecule has 1 aromatic heterocycles. The molecule has 0 amide bonds. The molecular formula is C15H17ClN2O2. The summed E-state index contributed by atoms with van der Waals surface area (Å²) in [4.78, 5) is 3.99. The lowest BCUT2D eigenvalue weighted by Crippen LogP contribution is -2.05. The molecule has 0 aliphatic heterocycles. The van der Waals surface area contributed by atoms with Crippen LogP contribution in [0.5, 0.6) is 11.5 Å². The average molecular weight is 293 g/mol. The Balaban J connectivity index is 2.21. The summed E-state index contributed by atoms with van der Waals surface area (Å²) in [6.07, 6.45) is 1.63. The van der Waals surface area contributed by atoms with Crippen LogP contribution in [0.1, 0.15) is 12.5 Å². The Kier molecular flexibility index (Phi) is 5.07. The molecule has 0 spiro atoms. The summed E-state index contributed by atoms with van der Waals surface area (Å²) in [5.74, 6) is 1.36. The van der Waals surface area contributed by atoms with Crippen LogP contribution in [0.25, 0.3) is 0 Å². The zero-order valence-corrected chi connectivity index (χ0v) is 12.3. The van der Waals surface area contributed by atoms with Crippen molar-refractivity contribution in [3.8, 4) is 11.5 Å². The number of anilines is 1. The summed E-state index contributed by atoms with van der Waals surface area (Å²) in [5.41, 5.74) is 1.92. The molecule has 106 valence electrons. The number of nitrogens with zero attached hydrogens (tertiary/aromatic N) is 1. The van der Waals surface area contributed by atoms with Crippen molar-refractivity contribution in [1.82, 2.24) is 4.98 Å². The van der Waals surface area contributed by atoms with Crippen molar-refractivity contribution in [3.63, 3.8) is 0 Å². The Morgan fingerprint density at radius 3 is 2.65 bits per heavy atom. The molecule has 20 heavy (non-hydrogen) atoms. The van der Waals surface area contributed by atoms with E-state index >= 15 is 0 Å². The van der Waals surface area contributed by atoms with Crippen LogP contribution in [-0.4, -0.2) is 18.6 Å². The summed E-state index contributed by atoms with van der Waals surface area (Å²) in [7, 11) is 1.87. The highest BCUT2D eigenvalue weighted by Crippen LogP contribution is 2.29. The first-order chi connectivity index (χ1) is 9.76. The number of rotatable bonds is 6. The summed E-state index contributed by atoms with van der Waals surface area (Å²) < 4.78 is 11.4. The van der Waals surface area contributed by atoms with E-state index in [1.807, 2.05) is 32.2 Å². The molecule has 0 atom stereocenters. The fraction of sp³-hybridized carbons (Fsp3) is 0.267. The molecule has 1 aromatic carbocycles. The van der Waals surface area contributed by atoms with Crippen LogP contribution >= 0.6 is 11.6 Å². The van der Waals surface area contributed by atoms with Crippen LogP contribution in [-0.2, 0) is 6.61 Å². The van der Waals surface area contributed by atoms with Gasteiger partial charge < -0.3 is 14.8 Å². The smallest absolute Gasteiger partial charge is 0.171 e. The second-order valence-electron chi connectivity index (χ2n) is 4.05. The lowest BCUT2D eigenvalue weighted by molar-refractivity contribution is 0.286. The highest BCUT2D eigenvalue weighted by Gasteiger charge is 2.10. The van der Waals surface area contributed by atoms with E-state index in [9.17, 15) is 0 Å². The van der Waals surface area contributed by atoms with E-state index in [-0.39, 0.29) is 0 Å². The third-order valence-electron chi connectivity index (χ3n) is 2.80. The molecule has 1 N–H and O–H groups in total. The summed E-state index contributed by atoms with van der Waals surface area (Å²) in [5, 5.41) is 3.49. The van der Waals surface area contributed by atoms with Gasteiger partial charge in [-0.25, -0.2) is 4.98 Å². The van der Waals surface area contributed by atoms with Gasteiger partial charge in [0.25, 0.3) is 0 Å². The zero-order chi connectivity index (χ0) is 14.4. The van der Waals surface area contributed by atoms with Gasteiger partial charge in [0.05, 0.1) is 12.2 Å². The molecule has 5 heteroatoms. The van der Waals surface area contributed by atoms with Gasteiger partial charge in [-0.2, -0.15) is 0 Å². The second-order valence-corrected chi connectivity index (χ2v) is 4.40. The number of nitrogens with one attached hydrogen (secondary N) is 1. The van der Waals surface area contributed by atoms with Gasteiger partial charge in [0.1, 0.15) is 12.4 Å². The zero-order valence-electron chi connectivity index (χ0n) is 11.5. The predicted octanol–water partition coefficient (Wildman–Crippen LogP) is 3.75. The van der Waals surface area contributed by atoms with E-state index in [1.54, 1.807) is 18.3 Å². The molecule has 0 aliphatic rings. The molecular weight excluding hydrogens is 276 g/mol. The topological polar surface area (TPSA) is 43.4 Å². The number of ether oxygens (including phenoxy) is 2. The van der Waals surface area contributed by atoms with E-state index in [4.69, 9.17) is 21.1 Å². The van der Waals surface area contributed by atoms with Gasteiger partial charge in [0, 0.05) is 18.9 Å². The van der Waals surface area contributed by atoms with Crippen molar-refractivity contribution in [2.75, 3.05) is 19.0 Å². The van der Waals surface area contributed by atoms with Gasteiger partial charge in [-0.1, -0.05) is 17.7 Å². The van der Waals surface area contributed by atoms with Crippen molar-refractivity contribution in [2.24, 2.45) is 0 Å². The van der Waals surface area contributed by atoms with Crippen LogP contribution < -0.4 is 14.8 Å². The van der Waals surface area contributed by atoms with E-state index in [2.05, 4.69) is 10.3 Å². The number of hydrogen-bond donors (Lipinski definition) is 1. The maximum Gasteiger partial charge on any atom is 0.171 e. The molecule has 1 heterocycles. The highest BCUT2D eigenvalue weighted by atomic mass is 35.5. The number of hydrogen-bond acceptors (Lipinski definition) is 4. The fourth-order valence-corrected chi connectivity index (χ4v) is 2.04. The summed E-state index contributed by atoms with van der Waals surface area (Å²) >= 11 is 5.98. The second kappa shape index (κ2) is 7.01. The SMILES string of the molecule is CCOc1cccc(NC)c1COc1cccnc1Cl. The van der Waals surface area contributed by atoms with Crippen molar-refractivity contribution in [3.05, 3.63) is 47.2 Å². The number of halogens is 1. The Labute approximate surface area is 123 Å².